The minimum absolute atomic E-state index is 0.0291. The highest BCUT2D eigenvalue weighted by Crippen LogP contribution is 2.28. The smallest absolute Gasteiger partial charge is 0.407 e. The molecule has 0 heterocycles. The lowest BCUT2D eigenvalue weighted by Gasteiger charge is -2.23. The third kappa shape index (κ3) is 14.3. The fourth-order valence-corrected chi connectivity index (χ4v) is 5.55. The summed E-state index contributed by atoms with van der Waals surface area (Å²) in [5, 5.41) is 19.3. The molecule has 55 heavy (non-hydrogen) atoms. The predicted octanol–water partition coefficient (Wildman–Crippen LogP) is 6.58. The largest absolute Gasteiger partial charge is 0.504 e. The zero-order valence-electron chi connectivity index (χ0n) is 30.6. The number of phenols is 1. The maximum atomic E-state index is 14.0. The number of hydrogen-bond donors (Lipinski definition) is 4. The molecule has 0 spiro atoms. The Balaban J connectivity index is 1.24. The van der Waals surface area contributed by atoms with E-state index < -0.39 is 30.1 Å². The third-order valence-corrected chi connectivity index (χ3v) is 8.54. The fraction of sp³-hybridized carbons (Fsp3) is 0.250. The molecular weight excluding hydrogens is 698 g/mol. The average Bonchev–Trinajstić information content (AvgIpc) is 3.23. The zero-order chi connectivity index (χ0) is 38.5. The molecule has 0 saturated carbocycles. The number of ether oxygens (including phenoxy) is 4. The van der Waals surface area contributed by atoms with Gasteiger partial charge < -0.3 is 34.7 Å². The maximum Gasteiger partial charge on any atom is 0.407 e. The zero-order valence-corrected chi connectivity index (χ0v) is 30.6. The lowest BCUT2D eigenvalue weighted by Crippen LogP contribution is -2.52. The van der Waals surface area contributed by atoms with Gasteiger partial charge in [-0.05, 0) is 59.2 Å². The molecule has 0 aliphatic carbocycles. The number of rotatable bonds is 21. The standard InChI is InChI=1S/C44H47N3O8/c48-40-24-23-37(27-41(40)53-29-34-16-7-2-8-17-34)26-39(46-32-52-28-33-14-5-1-6-15-33)42(49)47-38(43(50)54-30-35-18-9-3-10-19-35)22-13-25-45-44(51)55-31-36-20-11-4-12-21-36/h1-12,14-21,23-24,27,38-39,46,48H,13,22,25-26,28-32H2,(H,45,51)(H,47,49)/t38-,39-/m0/s1. The van der Waals surface area contributed by atoms with Crippen LogP contribution in [0.15, 0.2) is 140 Å². The minimum atomic E-state index is -1.02. The normalized spacial score (nSPS) is 11.9. The Morgan fingerprint density at radius 2 is 1.15 bits per heavy atom. The number of benzene rings is 5. The number of alkyl carbamates (subject to hydrolysis) is 1. The molecule has 5 rings (SSSR count). The first-order valence-corrected chi connectivity index (χ1v) is 18.2. The van der Waals surface area contributed by atoms with Gasteiger partial charge in [-0.2, -0.15) is 0 Å². The van der Waals surface area contributed by atoms with E-state index in [0.29, 0.717) is 18.6 Å². The SMILES string of the molecule is O=C(NCCC[C@H](NC(=O)[C@H](Cc1ccc(O)c(OCc2ccccc2)c1)NCOCc1ccccc1)C(=O)OCc1ccccc1)OCc1ccccc1. The first kappa shape index (κ1) is 40.0. The van der Waals surface area contributed by atoms with Crippen LogP contribution in [0, 0.1) is 0 Å². The molecule has 11 nitrogen and oxygen atoms in total. The molecule has 0 aliphatic heterocycles. The topological polar surface area (TPSA) is 144 Å². The summed E-state index contributed by atoms with van der Waals surface area (Å²) < 4.78 is 22.7. The number of amides is 2. The number of esters is 1. The summed E-state index contributed by atoms with van der Waals surface area (Å²) in [5.41, 5.74) is 4.28. The highest BCUT2D eigenvalue weighted by atomic mass is 16.5. The Hall–Kier alpha value is -6.17. The van der Waals surface area contributed by atoms with Gasteiger partial charge in [-0.3, -0.25) is 10.1 Å². The van der Waals surface area contributed by atoms with E-state index in [1.165, 1.54) is 6.07 Å². The van der Waals surface area contributed by atoms with Gasteiger partial charge in [-0.1, -0.05) is 127 Å². The van der Waals surface area contributed by atoms with Crippen LogP contribution >= 0.6 is 0 Å². The van der Waals surface area contributed by atoms with E-state index in [0.717, 1.165) is 22.3 Å². The molecular formula is C44H47N3O8. The van der Waals surface area contributed by atoms with Crippen molar-refractivity contribution < 1.29 is 38.4 Å². The lowest BCUT2D eigenvalue weighted by molar-refractivity contribution is -0.149. The molecule has 0 bridgehead atoms. The molecule has 2 atom stereocenters. The summed E-state index contributed by atoms with van der Waals surface area (Å²) >= 11 is 0. The number of carbonyl (C=O) groups excluding carboxylic acids is 3. The van der Waals surface area contributed by atoms with Crippen LogP contribution in [0.4, 0.5) is 4.79 Å². The number of nitrogens with one attached hydrogen (secondary N) is 3. The monoisotopic (exact) mass is 745 g/mol. The van der Waals surface area contributed by atoms with Crippen molar-refractivity contribution in [1.29, 1.82) is 0 Å². The minimum Gasteiger partial charge on any atom is -0.504 e. The van der Waals surface area contributed by atoms with Crippen molar-refractivity contribution in [2.75, 3.05) is 13.3 Å². The Morgan fingerprint density at radius 3 is 1.75 bits per heavy atom. The maximum absolute atomic E-state index is 14.0. The summed E-state index contributed by atoms with van der Waals surface area (Å²) in [6, 6.07) is 40.9. The van der Waals surface area contributed by atoms with E-state index in [9.17, 15) is 19.5 Å². The van der Waals surface area contributed by atoms with Crippen molar-refractivity contribution >= 4 is 18.0 Å². The molecule has 0 saturated heterocycles. The summed E-state index contributed by atoms with van der Waals surface area (Å²) in [5.74, 6) is -0.819. The summed E-state index contributed by atoms with van der Waals surface area (Å²) in [7, 11) is 0. The first-order chi connectivity index (χ1) is 26.9. The van der Waals surface area contributed by atoms with Crippen molar-refractivity contribution in [2.24, 2.45) is 0 Å². The molecule has 5 aromatic rings. The number of aromatic hydroxyl groups is 1. The Morgan fingerprint density at radius 1 is 0.600 bits per heavy atom. The first-order valence-electron chi connectivity index (χ1n) is 18.2. The number of hydrogen-bond acceptors (Lipinski definition) is 9. The Labute approximate surface area is 321 Å². The second-order valence-corrected chi connectivity index (χ2v) is 12.8. The van der Waals surface area contributed by atoms with Gasteiger partial charge in [0.25, 0.3) is 0 Å². The Kier molecular flexibility index (Phi) is 16.1. The molecule has 4 N–H and O–H groups in total. The van der Waals surface area contributed by atoms with E-state index in [-0.39, 0.29) is 57.4 Å². The van der Waals surface area contributed by atoms with Gasteiger partial charge in [0.1, 0.15) is 25.9 Å². The second-order valence-electron chi connectivity index (χ2n) is 12.8. The van der Waals surface area contributed by atoms with Crippen LogP contribution in [0.2, 0.25) is 0 Å². The van der Waals surface area contributed by atoms with Gasteiger partial charge in [0.2, 0.25) is 5.91 Å². The van der Waals surface area contributed by atoms with Crippen LogP contribution in [0.1, 0.15) is 40.7 Å². The second kappa shape index (κ2) is 22.1. The van der Waals surface area contributed by atoms with Crippen LogP contribution in [0.3, 0.4) is 0 Å². The van der Waals surface area contributed by atoms with E-state index in [1.807, 2.05) is 121 Å². The summed E-state index contributed by atoms with van der Waals surface area (Å²) in [4.78, 5) is 39.8. The van der Waals surface area contributed by atoms with Crippen LogP contribution in [-0.2, 0) is 56.6 Å². The molecule has 2 amide bonds. The molecule has 0 aliphatic rings. The quantitative estimate of drug-likeness (QED) is 0.0372. The van der Waals surface area contributed by atoms with Crippen molar-refractivity contribution in [3.8, 4) is 11.5 Å². The van der Waals surface area contributed by atoms with Crippen molar-refractivity contribution in [1.82, 2.24) is 16.0 Å². The molecule has 0 radical (unpaired) electrons. The fourth-order valence-electron chi connectivity index (χ4n) is 5.55. The van der Waals surface area contributed by atoms with E-state index >= 15 is 0 Å². The van der Waals surface area contributed by atoms with E-state index in [1.54, 1.807) is 12.1 Å². The Bertz CT molecular complexity index is 1900. The highest BCUT2D eigenvalue weighted by Gasteiger charge is 2.27. The molecule has 11 heteroatoms. The van der Waals surface area contributed by atoms with Crippen LogP contribution in [0.5, 0.6) is 11.5 Å². The van der Waals surface area contributed by atoms with Crippen molar-refractivity contribution in [2.45, 2.75) is 57.8 Å². The van der Waals surface area contributed by atoms with Crippen LogP contribution in [0.25, 0.3) is 0 Å². The lowest BCUT2D eigenvalue weighted by atomic mass is 10.0. The number of phenolic OH excluding ortho intramolecular Hbond substituents is 1. The van der Waals surface area contributed by atoms with Gasteiger partial charge >= 0.3 is 12.1 Å². The van der Waals surface area contributed by atoms with Crippen molar-refractivity contribution in [3.05, 3.63) is 167 Å². The highest BCUT2D eigenvalue weighted by molar-refractivity contribution is 5.87. The summed E-state index contributed by atoms with van der Waals surface area (Å²) in [6.45, 7) is 0.987. The predicted molar refractivity (Wildman–Crippen MR) is 208 cm³/mol. The molecule has 0 unspecified atom stereocenters. The summed E-state index contributed by atoms with van der Waals surface area (Å²) in [6.07, 6.45) is 0.136. The average molecular weight is 746 g/mol. The van der Waals surface area contributed by atoms with Gasteiger partial charge in [-0.15, -0.1) is 0 Å². The van der Waals surface area contributed by atoms with Crippen molar-refractivity contribution in [3.63, 3.8) is 0 Å². The van der Waals surface area contributed by atoms with Gasteiger partial charge in [0.05, 0.1) is 19.4 Å². The van der Waals surface area contributed by atoms with E-state index in [4.69, 9.17) is 18.9 Å². The van der Waals surface area contributed by atoms with Crippen LogP contribution < -0.4 is 20.7 Å². The molecule has 5 aromatic carbocycles. The number of carbonyl (C=O) groups is 3. The third-order valence-electron chi connectivity index (χ3n) is 8.54. The van der Waals surface area contributed by atoms with E-state index in [2.05, 4.69) is 16.0 Å². The van der Waals surface area contributed by atoms with Gasteiger partial charge in [0.15, 0.2) is 11.5 Å². The molecule has 0 aromatic heterocycles. The molecule has 286 valence electrons. The van der Waals surface area contributed by atoms with Gasteiger partial charge in [0, 0.05) is 6.54 Å². The van der Waals surface area contributed by atoms with Crippen LogP contribution in [-0.4, -0.2) is 48.4 Å². The molecule has 0 fully saturated rings. The van der Waals surface area contributed by atoms with Gasteiger partial charge in [-0.25, -0.2) is 9.59 Å².